The van der Waals surface area contributed by atoms with Crippen LogP contribution in [0.4, 0.5) is 0 Å². The zero-order valence-electron chi connectivity index (χ0n) is 10.1. The normalized spacial score (nSPS) is 10.7. The summed E-state index contributed by atoms with van der Waals surface area (Å²) in [5.41, 5.74) is 0.513. The van der Waals surface area contributed by atoms with Crippen molar-refractivity contribution in [2.24, 2.45) is 0 Å². The van der Waals surface area contributed by atoms with E-state index in [1.54, 1.807) is 30.3 Å². The lowest BCUT2D eigenvalue weighted by Crippen LogP contribution is -2.06. The van der Waals surface area contributed by atoms with Gasteiger partial charge in [-0.25, -0.2) is 0 Å². The highest BCUT2D eigenvalue weighted by molar-refractivity contribution is 6.29. The fraction of sp³-hybridized carbons (Fsp3) is 0.214. The Hall–Kier alpha value is -1.74. The van der Waals surface area contributed by atoms with E-state index in [2.05, 4.69) is 0 Å². The van der Waals surface area contributed by atoms with Crippen molar-refractivity contribution >= 4 is 17.4 Å². The average molecular weight is 265 g/mol. The van der Waals surface area contributed by atoms with Crippen LogP contribution in [0.1, 0.15) is 30.0 Å². The van der Waals surface area contributed by atoms with Gasteiger partial charge in [-0.15, -0.1) is 0 Å². The standard InChI is InChI=1S/C14H13ClO3/c1-9(2)17-11-5-3-4-10(8-11)14(16)12-6-7-13(15)18-12/h3-9H,1-2H3. The predicted molar refractivity (Wildman–Crippen MR) is 69.4 cm³/mol. The number of carbonyl (C=O) groups is 1. The number of hydrogen-bond acceptors (Lipinski definition) is 3. The maximum atomic E-state index is 12.1. The Morgan fingerprint density at radius 2 is 2.06 bits per heavy atom. The summed E-state index contributed by atoms with van der Waals surface area (Å²) >= 11 is 5.65. The second-order valence-electron chi connectivity index (χ2n) is 4.13. The quantitative estimate of drug-likeness (QED) is 0.785. The zero-order valence-corrected chi connectivity index (χ0v) is 10.9. The molecule has 2 aromatic rings. The number of rotatable bonds is 4. The Labute approximate surface area is 110 Å². The van der Waals surface area contributed by atoms with Gasteiger partial charge in [-0.05, 0) is 49.7 Å². The second-order valence-corrected chi connectivity index (χ2v) is 4.50. The van der Waals surface area contributed by atoms with Gasteiger partial charge >= 0.3 is 0 Å². The number of halogens is 1. The molecule has 0 N–H and O–H groups in total. The third kappa shape index (κ3) is 2.93. The van der Waals surface area contributed by atoms with Crippen LogP contribution in [0.5, 0.6) is 5.75 Å². The fourth-order valence-corrected chi connectivity index (χ4v) is 1.71. The van der Waals surface area contributed by atoms with Gasteiger partial charge in [-0.3, -0.25) is 4.79 Å². The van der Waals surface area contributed by atoms with Gasteiger partial charge in [0.25, 0.3) is 0 Å². The first-order valence-electron chi connectivity index (χ1n) is 5.63. The minimum absolute atomic E-state index is 0.0633. The van der Waals surface area contributed by atoms with Gasteiger partial charge in [0.2, 0.25) is 5.78 Å². The zero-order chi connectivity index (χ0) is 13.1. The van der Waals surface area contributed by atoms with Crippen molar-refractivity contribution in [3.63, 3.8) is 0 Å². The molecule has 0 bridgehead atoms. The van der Waals surface area contributed by atoms with E-state index in [1.807, 2.05) is 19.9 Å². The van der Waals surface area contributed by atoms with E-state index in [1.165, 1.54) is 0 Å². The molecule has 0 atom stereocenters. The molecule has 0 unspecified atom stereocenters. The summed E-state index contributed by atoms with van der Waals surface area (Å²) in [6, 6.07) is 10.1. The van der Waals surface area contributed by atoms with Crippen molar-refractivity contribution in [1.29, 1.82) is 0 Å². The lowest BCUT2D eigenvalue weighted by Gasteiger charge is -2.10. The molecule has 1 heterocycles. The Balaban J connectivity index is 2.25. The largest absolute Gasteiger partial charge is 0.491 e. The van der Waals surface area contributed by atoms with Crippen LogP contribution in [0, 0.1) is 0 Å². The van der Waals surface area contributed by atoms with E-state index in [0.717, 1.165) is 0 Å². The number of ether oxygens (including phenoxy) is 1. The van der Waals surface area contributed by atoms with Crippen LogP contribution >= 0.6 is 11.6 Å². The Morgan fingerprint density at radius 1 is 1.28 bits per heavy atom. The van der Waals surface area contributed by atoms with Crippen molar-refractivity contribution in [3.8, 4) is 5.75 Å². The van der Waals surface area contributed by atoms with Crippen molar-refractivity contribution in [1.82, 2.24) is 0 Å². The van der Waals surface area contributed by atoms with E-state index < -0.39 is 0 Å². The van der Waals surface area contributed by atoms with Crippen LogP contribution in [-0.2, 0) is 0 Å². The average Bonchev–Trinajstić information content (AvgIpc) is 2.74. The highest BCUT2D eigenvalue weighted by atomic mass is 35.5. The SMILES string of the molecule is CC(C)Oc1cccc(C(=O)c2ccc(Cl)o2)c1. The molecule has 0 saturated heterocycles. The molecule has 18 heavy (non-hydrogen) atoms. The monoisotopic (exact) mass is 264 g/mol. The summed E-state index contributed by atoms with van der Waals surface area (Å²) in [4.78, 5) is 12.1. The van der Waals surface area contributed by atoms with E-state index in [-0.39, 0.29) is 22.9 Å². The first-order chi connectivity index (χ1) is 8.56. The number of benzene rings is 1. The molecule has 0 aliphatic carbocycles. The van der Waals surface area contributed by atoms with E-state index >= 15 is 0 Å². The molecule has 94 valence electrons. The van der Waals surface area contributed by atoms with E-state index in [0.29, 0.717) is 11.3 Å². The highest BCUT2D eigenvalue weighted by Gasteiger charge is 2.14. The molecule has 2 rings (SSSR count). The van der Waals surface area contributed by atoms with Crippen molar-refractivity contribution < 1.29 is 13.9 Å². The smallest absolute Gasteiger partial charge is 0.228 e. The predicted octanol–water partition coefficient (Wildman–Crippen LogP) is 3.95. The maximum absolute atomic E-state index is 12.1. The molecule has 0 spiro atoms. The van der Waals surface area contributed by atoms with Crippen LogP contribution in [0.25, 0.3) is 0 Å². The van der Waals surface area contributed by atoms with Gasteiger partial charge in [-0.2, -0.15) is 0 Å². The molecule has 1 aromatic carbocycles. The van der Waals surface area contributed by atoms with Gasteiger partial charge in [0.1, 0.15) is 5.75 Å². The summed E-state index contributed by atoms with van der Waals surface area (Å²) in [6.45, 7) is 3.86. The minimum Gasteiger partial charge on any atom is -0.491 e. The number of hydrogen-bond donors (Lipinski definition) is 0. The molecule has 1 aromatic heterocycles. The first kappa shape index (κ1) is 12.7. The lowest BCUT2D eigenvalue weighted by molar-refractivity contribution is 0.101. The molecule has 0 fully saturated rings. The van der Waals surface area contributed by atoms with Gasteiger partial charge in [-0.1, -0.05) is 12.1 Å². The van der Waals surface area contributed by atoms with Gasteiger partial charge in [0, 0.05) is 5.56 Å². The molecule has 0 saturated carbocycles. The topological polar surface area (TPSA) is 39.4 Å². The van der Waals surface area contributed by atoms with Crippen LogP contribution in [0.15, 0.2) is 40.8 Å². The number of carbonyl (C=O) groups excluding carboxylic acids is 1. The van der Waals surface area contributed by atoms with Gasteiger partial charge < -0.3 is 9.15 Å². The summed E-state index contributed by atoms with van der Waals surface area (Å²) in [5, 5.41) is 0.202. The molecular formula is C14H13ClO3. The second kappa shape index (κ2) is 5.27. The van der Waals surface area contributed by atoms with E-state index in [4.69, 9.17) is 20.8 Å². The summed E-state index contributed by atoms with van der Waals surface area (Å²) < 4.78 is 10.6. The molecule has 0 aliphatic heterocycles. The third-order valence-corrected chi connectivity index (χ3v) is 2.47. The first-order valence-corrected chi connectivity index (χ1v) is 6.01. The minimum atomic E-state index is -0.212. The third-order valence-electron chi connectivity index (χ3n) is 2.27. The van der Waals surface area contributed by atoms with E-state index in [9.17, 15) is 4.79 Å². The Kier molecular flexibility index (Phi) is 3.72. The van der Waals surface area contributed by atoms with Gasteiger partial charge in [0.05, 0.1) is 6.10 Å². The summed E-state index contributed by atoms with van der Waals surface area (Å²) in [7, 11) is 0. The molecule has 0 radical (unpaired) electrons. The fourth-order valence-electron chi connectivity index (χ4n) is 1.56. The van der Waals surface area contributed by atoms with Crippen LogP contribution in [0.3, 0.4) is 0 Å². The molecular weight excluding hydrogens is 252 g/mol. The summed E-state index contributed by atoms with van der Waals surface area (Å²) in [5.74, 6) is 0.673. The van der Waals surface area contributed by atoms with Crippen LogP contribution in [-0.4, -0.2) is 11.9 Å². The van der Waals surface area contributed by atoms with Crippen molar-refractivity contribution in [3.05, 3.63) is 52.9 Å². The molecule has 0 aliphatic rings. The number of ketones is 1. The Morgan fingerprint density at radius 3 is 2.67 bits per heavy atom. The Bertz CT molecular complexity index is 558. The van der Waals surface area contributed by atoms with Crippen LogP contribution < -0.4 is 4.74 Å². The van der Waals surface area contributed by atoms with Gasteiger partial charge in [0.15, 0.2) is 11.0 Å². The van der Waals surface area contributed by atoms with Crippen molar-refractivity contribution in [2.75, 3.05) is 0 Å². The highest BCUT2D eigenvalue weighted by Crippen LogP contribution is 2.20. The lowest BCUT2D eigenvalue weighted by atomic mass is 10.1. The molecule has 0 amide bonds. The maximum Gasteiger partial charge on any atom is 0.228 e. The van der Waals surface area contributed by atoms with Crippen molar-refractivity contribution in [2.45, 2.75) is 20.0 Å². The molecule has 4 heteroatoms. The van der Waals surface area contributed by atoms with Crippen LogP contribution in [0.2, 0.25) is 5.22 Å². The number of furan rings is 1. The summed E-state index contributed by atoms with van der Waals surface area (Å²) in [6.07, 6.45) is 0.0633. The molecule has 3 nitrogen and oxygen atoms in total.